The highest BCUT2D eigenvalue weighted by Crippen LogP contribution is 2.20. The Bertz CT molecular complexity index is 507. The van der Waals surface area contributed by atoms with Crippen LogP contribution in [0.1, 0.15) is 0 Å². The van der Waals surface area contributed by atoms with Crippen LogP contribution in [0.5, 0.6) is 0 Å². The van der Waals surface area contributed by atoms with Crippen LogP contribution >= 0.6 is 46.4 Å². The van der Waals surface area contributed by atoms with Gasteiger partial charge < -0.3 is 12.4 Å². The Balaban J connectivity index is 0.00000162. The number of halogens is 6. The highest BCUT2D eigenvalue weighted by Gasteiger charge is 2.17. The van der Waals surface area contributed by atoms with Crippen LogP contribution < -0.4 is 33.6 Å². The molecule has 0 fully saturated rings. The van der Waals surface area contributed by atoms with Crippen LogP contribution in [0.4, 0.5) is 0 Å². The highest BCUT2D eigenvalue weighted by molar-refractivity contribution is 6.42. The molecule has 96 valence electrons. The zero-order valence-corrected chi connectivity index (χ0v) is 14.7. The van der Waals surface area contributed by atoms with Gasteiger partial charge in [-0.3, -0.25) is 0 Å². The van der Waals surface area contributed by atoms with Crippen LogP contribution in [0.15, 0.2) is 36.4 Å². The summed E-state index contributed by atoms with van der Waals surface area (Å²) in [6, 6.07) is 11.4. The van der Waals surface area contributed by atoms with Gasteiger partial charge in [0.25, 0.3) is 0 Å². The average Bonchev–Trinajstić information content (AvgIpc) is 2.29. The third-order valence-corrected chi connectivity index (χ3v) is 6.05. The molecule has 0 radical (unpaired) electrons. The predicted octanol–water partition coefficient (Wildman–Crippen LogP) is -0.567. The molecule has 0 aliphatic heterocycles. The minimum absolute atomic E-state index is 0. The van der Waals surface area contributed by atoms with Crippen molar-refractivity contribution in [3.63, 3.8) is 0 Å². The number of rotatable bonds is 2. The molecule has 0 N–H and O–H groups in total. The molecule has 0 aliphatic carbocycles. The van der Waals surface area contributed by atoms with Gasteiger partial charge in [-0.05, 0) is 24.3 Å². The molecule has 0 amide bonds. The number of hydrogen-bond donors (Lipinski definition) is 0. The van der Waals surface area contributed by atoms with Gasteiger partial charge in [0.1, 0.15) is 0 Å². The first-order valence-corrected chi connectivity index (χ1v) is 8.28. The molecule has 0 nitrogen and oxygen atoms in total. The van der Waals surface area contributed by atoms with Crippen LogP contribution in [-0.2, 0) is 0 Å². The van der Waals surface area contributed by atoms with Crippen molar-refractivity contribution in [3.8, 4) is 0 Å². The van der Waals surface area contributed by atoms with Crippen LogP contribution in [0.2, 0.25) is 20.1 Å². The normalized spacial score (nSPS) is 10.0. The Morgan fingerprint density at radius 3 is 1.33 bits per heavy atom. The lowest BCUT2D eigenvalue weighted by atomic mass is 10.4. The standard InChI is InChI=1S/C12H6Cl4I.ClH/c13-9-3-1-7(5-11(9)15)17-8-2-4-10(14)12(16)6-8;/h1-6H;1H/q+1;/p-1. The third-order valence-electron chi connectivity index (χ3n) is 1.98. The molecule has 2 rings (SSSR count). The highest BCUT2D eigenvalue weighted by atomic mass is 127. The van der Waals surface area contributed by atoms with Gasteiger partial charge in [-0.15, -0.1) is 0 Å². The van der Waals surface area contributed by atoms with Crippen molar-refractivity contribution in [1.82, 2.24) is 0 Å². The van der Waals surface area contributed by atoms with Crippen LogP contribution in [0, 0.1) is 7.14 Å². The molecule has 6 heteroatoms. The van der Waals surface area contributed by atoms with Gasteiger partial charge in [0.05, 0.1) is 20.1 Å². The molecule has 0 unspecified atom stereocenters. The second-order valence-corrected chi connectivity index (χ2v) is 7.87. The molecule has 0 spiro atoms. The van der Waals surface area contributed by atoms with Crippen LogP contribution in [0.25, 0.3) is 0 Å². The molecule has 18 heavy (non-hydrogen) atoms. The summed E-state index contributed by atoms with van der Waals surface area (Å²) in [7, 11) is 0. The predicted molar refractivity (Wildman–Crippen MR) is 70.3 cm³/mol. The van der Waals surface area contributed by atoms with E-state index >= 15 is 0 Å². The largest absolute Gasteiger partial charge is 1.00 e. The van der Waals surface area contributed by atoms with Gasteiger partial charge in [-0.2, -0.15) is 0 Å². The molecule has 0 bridgehead atoms. The SMILES string of the molecule is Clc1ccc([I+]c2ccc(Cl)c(Cl)c2)cc1Cl.[Cl-]. The van der Waals surface area contributed by atoms with Crippen LogP contribution in [-0.4, -0.2) is 0 Å². The van der Waals surface area contributed by atoms with E-state index in [9.17, 15) is 0 Å². The van der Waals surface area contributed by atoms with E-state index in [-0.39, 0.29) is 33.6 Å². The Labute approximate surface area is 142 Å². The summed E-state index contributed by atoms with van der Waals surface area (Å²) in [5, 5.41) is 2.33. The zero-order valence-electron chi connectivity index (χ0n) is 8.73. The zero-order chi connectivity index (χ0) is 12.4. The summed E-state index contributed by atoms with van der Waals surface area (Å²) in [4.78, 5) is 0. The Morgan fingerprint density at radius 1 is 0.611 bits per heavy atom. The Morgan fingerprint density at radius 2 is 1.00 bits per heavy atom. The van der Waals surface area contributed by atoms with Gasteiger partial charge in [-0.1, -0.05) is 46.4 Å². The fourth-order valence-corrected chi connectivity index (χ4v) is 4.52. The van der Waals surface area contributed by atoms with Crippen molar-refractivity contribution >= 4 is 46.4 Å². The van der Waals surface area contributed by atoms with Crippen molar-refractivity contribution in [1.29, 1.82) is 0 Å². The molecule has 0 atom stereocenters. The smallest absolute Gasteiger partial charge is 0.358 e. The van der Waals surface area contributed by atoms with Gasteiger partial charge in [0, 0.05) is 12.1 Å². The second-order valence-electron chi connectivity index (χ2n) is 3.21. The van der Waals surface area contributed by atoms with E-state index in [1.54, 1.807) is 0 Å². The van der Waals surface area contributed by atoms with Crippen LogP contribution in [0.3, 0.4) is 0 Å². The van der Waals surface area contributed by atoms with E-state index < -0.39 is 0 Å². The maximum absolute atomic E-state index is 5.98. The first-order valence-electron chi connectivity index (χ1n) is 4.61. The van der Waals surface area contributed by atoms with Crippen molar-refractivity contribution in [3.05, 3.63) is 63.6 Å². The molecule has 2 aromatic carbocycles. The van der Waals surface area contributed by atoms with Crippen molar-refractivity contribution in [2.45, 2.75) is 0 Å². The summed E-state index contributed by atoms with van der Waals surface area (Å²) >= 11 is 23.4. The van der Waals surface area contributed by atoms with E-state index in [0.29, 0.717) is 20.1 Å². The molecule has 0 heterocycles. The summed E-state index contributed by atoms with van der Waals surface area (Å²) < 4.78 is 2.38. The Kier molecular flexibility index (Phi) is 6.87. The lowest BCUT2D eigenvalue weighted by Crippen LogP contribution is -3.61. The maximum atomic E-state index is 5.98. The molecule has 0 saturated carbocycles. The maximum Gasteiger partial charge on any atom is 0.358 e. The summed E-state index contributed by atoms with van der Waals surface area (Å²) in [5.74, 6) is 0. The van der Waals surface area contributed by atoms with Gasteiger partial charge in [-0.25, -0.2) is 0 Å². The minimum atomic E-state index is -0.317. The summed E-state index contributed by atoms with van der Waals surface area (Å²) in [5.41, 5.74) is 0. The van der Waals surface area contributed by atoms with E-state index in [0.717, 1.165) is 0 Å². The minimum Gasteiger partial charge on any atom is -1.00 e. The van der Waals surface area contributed by atoms with Gasteiger partial charge in [0.2, 0.25) is 0 Å². The number of hydrogen-bond acceptors (Lipinski definition) is 0. The molecule has 0 aliphatic rings. The number of benzene rings is 2. The molecular weight excluding hydrogens is 448 g/mol. The van der Waals surface area contributed by atoms with Crippen molar-refractivity contribution in [2.75, 3.05) is 0 Å². The van der Waals surface area contributed by atoms with Crippen molar-refractivity contribution < 1.29 is 33.6 Å². The molecule has 2 aromatic rings. The van der Waals surface area contributed by atoms with Gasteiger partial charge in [0.15, 0.2) is 7.14 Å². The van der Waals surface area contributed by atoms with E-state index in [1.165, 1.54) is 7.14 Å². The monoisotopic (exact) mass is 452 g/mol. The fourth-order valence-electron chi connectivity index (χ4n) is 1.18. The van der Waals surface area contributed by atoms with Gasteiger partial charge >= 0.3 is 21.2 Å². The first-order chi connectivity index (χ1) is 8.06. The molecular formula is C12H6Cl5I. The molecule has 0 aromatic heterocycles. The van der Waals surface area contributed by atoms with E-state index in [1.807, 2.05) is 36.4 Å². The average molecular weight is 454 g/mol. The van der Waals surface area contributed by atoms with E-state index in [4.69, 9.17) is 46.4 Å². The lowest BCUT2D eigenvalue weighted by molar-refractivity contribution is -0.597. The summed E-state index contributed by atoms with van der Waals surface area (Å²) in [6.07, 6.45) is 0. The third kappa shape index (κ3) is 4.32. The summed E-state index contributed by atoms with van der Waals surface area (Å²) in [6.45, 7) is 0. The Hall–Kier alpha value is 0.620. The first kappa shape index (κ1) is 16.7. The fraction of sp³-hybridized carbons (Fsp3) is 0. The second kappa shape index (κ2) is 7.41. The topological polar surface area (TPSA) is 0 Å². The molecule has 0 saturated heterocycles. The lowest BCUT2D eigenvalue weighted by Gasteiger charge is -1.94. The van der Waals surface area contributed by atoms with E-state index in [2.05, 4.69) is 0 Å². The van der Waals surface area contributed by atoms with Crippen molar-refractivity contribution in [2.24, 2.45) is 0 Å². The quantitative estimate of drug-likeness (QED) is 0.422.